The first-order valence-electron chi connectivity index (χ1n) is 9.15. The lowest BCUT2D eigenvalue weighted by Crippen LogP contribution is -2.51. The van der Waals surface area contributed by atoms with Crippen molar-refractivity contribution in [2.24, 2.45) is 0 Å². The van der Waals surface area contributed by atoms with E-state index in [1.165, 1.54) is 0 Å². The Hall–Kier alpha value is -3.09. The maximum absolute atomic E-state index is 12.6. The summed E-state index contributed by atoms with van der Waals surface area (Å²) in [6, 6.07) is 12.8. The summed E-state index contributed by atoms with van der Waals surface area (Å²) in [5, 5.41) is 5.62. The Balaban J connectivity index is 1.37. The molecule has 27 heavy (non-hydrogen) atoms. The smallest absolute Gasteiger partial charge is 0.344 e. The van der Waals surface area contributed by atoms with E-state index < -0.39 is 17.5 Å². The first-order valence-corrected chi connectivity index (χ1v) is 9.15. The topological polar surface area (TPSA) is 87.7 Å². The third-order valence-electron chi connectivity index (χ3n) is 5.20. The molecule has 0 aromatic heterocycles. The van der Waals surface area contributed by atoms with E-state index in [1.807, 2.05) is 36.4 Å². The number of rotatable bonds is 4. The van der Waals surface area contributed by atoms with Crippen molar-refractivity contribution >= 4 is 28.6 Å². The second-order valence-corrected chi connectivity index (χ2v) is 7.05. The molecule has 1 aliphatic heterocycles. The van der Waals surface area contributed by atoms with Gasteiger partial charge >= 0.3 is 6.03 Å². The predicted molar refractivity (Wildman–Crippen MR) is 98.8 cm³/mol. The number of nitrogens with one attached hydrogen (secondary N) is 2. The molecule has 0 atom stereocenters. The van der Waals surface area contributed by atoms with Gasteiger partial charge in [0, 0.05) is 0 Å². The zero-order valence-electron chi connectivity index (χ0n) is 14.9. The molecule has 0 bridgehead atoms. The summed E-state index contributed by atoms with van der Waals surface area (Å²) in [4.78, 5) is 37.0. The summed E-state index contributed by atoms with van der Waals surface area (Å²) in [6.45, 7) is -0.289. The molecule has 2 aliphatic rings. The van der Waals surface area contributed by atoms with E-state index >= 15 is 0 Å². The molecular formula is C20H21N3O4. The van der Waals surface area contributed by atoms with Crippen molar-refractivity contribution in [3.8, 4) is 5.75 Å². The summed E-state index contributed by atoms with van der Waals surface area (Å²) >= 11 is 0. The Morgan fingerprint density at radius 1 is 1.07 bits per heavy atom. The largest absolute Gasteiger partial charge is 0.484 e. The van der Waals surface area contributed by atoms with Crippen molar-refractivity contribution in [1.29, 1.82) is 0 Å². The van der Waals surface area contributed by atoms with Gasteiger partial charge in [0.1, 0.15) is 11.3 Å². The molecular weight excluding hydrogens is 346 g/mol. The van der Waals surface area contributed by atoms with Crippen LogP contribution in [0.3, 0.4) is 0 Å². The Bertz CT molecular complexity index is 905. The van der Waals surface area contributed by atoms with Crippen LogP contribution in [0.5, 0.6) is 5.75 Å². The maximum atomic E-state index is 12.6. The van der Waals surface area contributed by atoms with Crippen LogP contribution in [-0.4, -0.2) is 35.0 Å². The zero-order chi connectivity index (χ0) is 18.9. The fourth-order valence-corrected chi connectivity index (χ4v) is 3.78. The molecule has 1 saturated heterocycles. The van der Waals surface area contributed by atoms with Gasteiger partial charge in [0.2, 0.25) is 0 Å². The molecule has 7 nitrogen and oxygen atoms in total. The number of imide groups is 1. The van der Waals surface area contributed by atoms with Gasteiger partial charge in [-0.05, 0) is 35.7 Å². The maximum Gasteiger partial charge on any atom is 0.344 e. The molecule has 1 heterocycles. The van der Waals surface area contributed by atoms with E-state index in [-0.39, 0.29) is 12.5 Å². The third kappa shape index (κ3) is 3.32. The molecule has 0 unspecified atom stereocenters. The van der Waals surface area contributed by atoms with Crippen molar-refractivity contribution in [2.45, 2.75) is 37.6 Å². The van der Waals surface area contributed by atoms with Gasteiger partial charge in [-0.25, -0.2) is 4.79 Å². The van der Waals surface area contributed by atoms with Gasteiger partial charge in [0.05, 0.1) is 0 Å². The van der Waals surface area contributed by atoms with E-state index in [0.29, 0.717) is 18.6 Å². The SMILES string of the molecule is O=C(COc1ccc2ccccc2c1)NN1C(=O)NC2(CCCCC2)C1=O. The minimum absolute atomic E-state index is 0.289. The number of ether oxygens (including phenoxy) is 1. The van der Waals surface area contributed by atoms with Gasteiger partial charge < -0.3 is 10.1 Å². The Kier molecular flexibility index (Phi) is 4.43. The lowest BCUT2D eigenvalue weighted by molar-refractivity contribution is -0.140. The summed E-state index contributed by atoms with van der Waals surface area (Å²) in [7, 11) is 0. The van der Waals surface area contributed by atoms with Crippen molar-refractivity contribution in [3.63, 3.8) is 0 Å². The van der Waals surface area contributed by atoms with E-state index in [9.17, 15) is 14.4 Å². The molecule has 2 aromatic carbocycles. The summed E-state index contributed by atoms with van der Waals surface area (Å²) in [6.07, 6.45) is 4.05. The Morgan fingerprint density at radius 2 is 1.81 bits per heavy atom. The van der Waals surface area contributed by atoms with Gasteiger partial charge in [-0.2, -0.15) is 5.01 Å². The molecule has 1 saturated carbocycles. The number of fused-ring (bicyclic) bond motifs is 1. The van der Waals surface area contributed by atoms with Gasteiger partial charge in [-0.15, -0.1) is 0 Å². The van der Waals surface area contributed by atoms with Crippen LogP contribution in [0, 0.1) is 0 Å². The average molecular weight is 367 g/mol. The number of nitrogens with zero attached hydrogens (tertiary/aromatic N) is 1. The standard InChI is InChI=1S/C20H21N3O4/c24-17(13-27-16-9-8-14-6-2-3-7-15(14)12-16)22-23-18(25)20(21-19(23)26)10-4-1-5-11-20/h2-3,6-9,12H,1,4-5,10-11,13H2,(H,21,26)(H,22,24). The normalized spacial score (nSPS) is 18.6. The molecule has 140 valence electrons. The summed E-state index contributed by atoms with van der Waals surface area (Å²) < 4.78 is 5.51. The fraction of sp³-hybridized carbons (Fsp3) is 0.350. The highest BCUT2D eigenvalue weighted by atomic mass is 16.5. The van der Waals surface area contributed by atoms with Crippen LogP contribution in [0.25, 0.3) is 10.8 Å². The van der Waals surface area contributed by atoms with Crippen LogP contribution in [0.2, 0.25) is 0 Å². The first kappa shape index (κ1) is 17.3. The lowest BCUT2D eigenvalue weighted by Gasteiger charge is -2.30. The van der Waals surface area contributed by atoms with Crippen LogP contribution < -0.4 is 15.5 Å². The zero-order valence-corrected chi connectivity index (χ0v) is 14.9. The Morgan fingerprint density at radius 3 is 2.59 bits per heavy atom. The van der Waals surface area contributed by atoms with E-state index in [4.69, 9.17) is 4.74 Å². The summed E-state index contributed by atoms with van der Waals surface area (Å²) in [5.41, 5.74) is 1.51. The fourth-order valence-electron chi connectivity index (χ4n) is 3.78. The number of hydrogen-bond acceptors (Lipinski definition) is 4. The van der Waals surface area contributed by atoms with Gasteiger partial charge in [0.25, 0.3) is 11.8 Å². The molecule has 4 rings (SSSR count). The number of hydrazine groups is 1. The molecule has 7 heteroatoms. The molecule has 2 N–H and O–H groups in total. The number of urea groups is 1. The molecule has 0 radical (unpaired) electrons. The van der Waals surface area contributed by atoms with E-state index in [0.717, 1.165) is 35.0 Å². The van der Waals surface area contributed by atoms with Crippen molar-refractivity contribution < 1.29 is 19.1 Å². The minimum atomic E-state index is -0.859. The van der Waals surface area contributed by atoms with Crippen molar-refractivity contribution in [2.75, 3.05) is 6.61 Å². The van der Waals surface area contributed by atoms with Gasteiger partial charge in [-0.3, -0.25) is 15.0 Å². The quantitative estimate of drug-likeness (QED) is 0.813. The van der Waals surface area contributed by atoms with E-state index in [2.05, 4.69) is 10.7 Å². The van der Waals surface area contributed by atoms with Crippen molar-refractivity contribution in [3.05, 3.63) is 42.5 Å². The van der Waals surface area contributed by atoms with E-state index in [1.54, 1.807) is 6.07 Å². The number of hydrogen-bond donors (Lipinski definition) is 2. The van der Waals surface area contributed by atoms with Crippen molar-refractivity contribution in [1.82, 2.24) is 15.8 Å². The lowest BCUT2D eigenvalue weighted by atomic mass is 9.82. The number of benzene rings is 2. The summed E-state index contributed by atoms with van der Waals surface area (Å²) in [5.74, 6) is -0.393. The Labute approximate surface area is 156 Å². The number of amides is 4. The van der Waals surface area contributed by atoms with Crippen LogP contribution in [0.15, 0.2) is 42.5 Å². The molecule has 1 spiro atoms. The third-order valence-corrected chi connectivity index (χ3v) is 5.20. The average Bonchev–Trinajstić information content (AvgIpc) is 2.90. The molecule has 1 aliphatic carbocycles. The highest BCUT2D eigenvalue weighted by Crippen LogP contribution is 2.33. The minimum Gasteiger partial charge on any atom is -0.484 e. The second kappa shape index (κ2) is 6.90. The first-order chi connectivity index (χ1) is 13.1. The predicted octanol–water partition coefficient (Wildman–Crippen LogP) is 2.50. The molecule has 2 fully saturated rings. The molecule has 2 aromatic rings. The highest BCUT2D eigenvalue weighted by molar-refractivity contribution is 6.08. The number of carbonyl (C=O) groups is 3. The van der Waals surface area contributed by atoms with Crippen LogP contribution in [0.1, 0.15) is 32.1 Å². The van der Waals surface area contributed by atoms with Gasteiger partial charge in [0.15, 0.2) is 6.61 Å². The second-order valence-electron chi connectivity index (χ2n) is 7.05. The van der Waals surface area contributed by atoms with Crippen LogP contribution >= 0.6 is 0 Å². The number of carbonyl (C=O) groups excluding carboxylic acids is 3. The van der Waals surface area contributed by atoms with Gasteiger partial charge in [-0.1, -0.05) is 49.6 Å². The highest BCUT2D eigenvalue weighted by Gasteiger charge is 2.52. The monoisotopic (exact) mass is 367 g/mol. The molecule has 4 amide bonds. The van der Waals surface area contributed by atoms with Crippen LogP contribution in [-0.2, 0) is 9.59 Å². The van der Waals surface area contributed by atoms with Crippen LogP contribution in [0.4, 0.5) is 4.79 Å².